The number of anilines is 1. The van der Waals surface area contributed by atoms with E-state index in [0.29, 0.717) is 5.71 Å². The zero-order valence-corrected chi connectivity index (χ0v) is 17.8. The molecule has 0 aliphatic rings. The Hall–Kier alpha value is -1.65. The second-order valence-corrected chi connectivity index (χ2v) is 9.02. The number of para-hydroxylation sites is 1. The Morgan fingerprint density at radius 3 is 2.38 bits per heavy atom. The molecule has 0 heterocycles. The van der Waals surface area contributed by atoms with Crippen LogP contribution in [-0.2, 0) is 14.8 Å². The van der Waals surface area contributed by atoms with Gasteiger partial charge in [0.2, 0.25) is 10.0 Å². The van der Waals surface area contributed by atoms with Crippen LogP contribution >= 0.6 is 34.2 Å². The van der Waals surface area contributed by atoms with Crippen LogP contribution in [0.5, 0.6) is 0 Å². The molecule has 0 atom stereocenters. The van der Waals surface area contributed by atoms with Crippen LogP contribution in [0.25, 0.3) is 0 Å². The van der Waals surface area contributed by atoms with Gasteiger partial charge in [0, 0.05) is 3.57 Å². The number of carbonyl (C=O) groups is 1. The van der Waals surface area contributed by atoms with Crippen molar-refractivity contribution >= 4 is 61.5 Å². The van der Waals surface area contributed by atoms with Crippen molar-refractivity contribution in [2.75, 3.05) is 17.1 Å². The summed E-state index contributed by atoms with van der Waals surface area (Å²) in [4.78, 5) is 12.2. The molecule has 26 heavy (non-hydrogen) atoms. The third-order valence-electron chi connectivity index (χ3n) is 3.42. The van der Waals surface area contributed by atoms with Crippen LogP contribution in [-0.4, -0.2) is 32.8 Å². The summed E-state index contributed by atoms with van der Waals surface area (Å²) in [6.07, 6.45) is 1.02. The summed E-state index contributed by atoms with van der Waals surface area (Å²) in [6.45, 7) is 1.33. The van der Waals surface area contributed by atoms with Gasteiger partial charge in [0.1, 0.15) is 6.54 Å². The van der Waals surface area contributed by atoms with Crippen molar-refractivity contribution in [3.63, 3.8) is 0 Å². The van der Waals surface area contributed by atoms with Gasteiger partial charge in [-0.05, 0) is 59.3 Å². The normalized spacial score (nSPS) is 11.9. The van der Waals surface area contributed by atoms with E-state index in [9.17, 15) is 13.2 Å². The molecule has 138 valence electrons. The number of hydrogen-bond acceptors (Lipinski definition) is 4. The lowest BCUT2D eigenvalue weighted by Crippen LogP contribution is -2.39. The molecular formula is C17H17ClIN3O3S. The largest absolute Gasteiger partial charge is 0.271 e. The molecule has 0 aliphatic carbocycles. The summed E-state index contributed by atoms with van der Waals surface area (Å²) in [7, 11) is -3.69. The number of carbonyl (C=O) groups excluding carboxylic acids is 1. The molecule has 0 aromatic heterocycles. The highest BCUT2D eigenvalue weighted by molar-refractivity contribution is 14.1. The SMILES string of the molecule is C/C(=N/NC(=O)CN(c1ccccc1Cl)S(C)(=O)=O)c1ccc(I)cc1. The van der Waals surface area contributed by atoms with E-state index in [1.165, 1.54) is 6.07 Å². The van der Waals surface area contributed by atoms with E-state index in [1.807, 2.05) is 24.3 Å². The van der Waals surface area contributed by atoms with Crippen molar-refractivity contribution in [2.24, 2.45) is 5.10 Å². The monoisotopic (exact) mass is 505 g/mol. The smallest absolute Gasteiger partial charge is 0.260 e. The lowest BCUT2D eigenvalue weighted by molar-refractivity contribution is -0.119. The van der Waals surface area contributed by atoms with Crippen LogP contribution in [0.2, 0.25) is 5.02 Å². The van der Waals surface area contributed by atoms with Gasteiger partial charge in [-0.1, -0.05) is 35.9 Å². The Kier molecular flexibility index (Phi) is 7.01. The van der Waals surface area contributed by atoms with E-state index in [4.69, 9.17) is 11.6 Å². The first-order valence-corrected chi connectivity index (χ1v) is 10.8. The lowest BCUT2D eigenvalue weighted by Gasteiger charge is -2.22. The van der Waals surface area contributed by atoms with Crippen LogP contribution in [0.1, 0.15) is 12.5 Å². The number of benzene rings is 2. The van der Waals surface area contributed by atoms with Crippen molar-refractivity contribution in [1.29, 1.82) is 0 Å². The third kappa shape index (κ3) is 5.68. The number of nitrogens with zero attached hydrogens (tertiary/aromatic N) is 2. The van der Waals surface area contributed by atoms with Gasteiger partial charge >= 0.3 is 0 Å². The summed E-state index contributed by atoms with van der Waals surface area (Å²) >= 11 is 8.26. The molecule has 2 aromatic rings. The zero-order valence-electron chi connectivity index (χ0n) is 14.1. The Labute approximate surface area is 171 Å². The summed E-state index contributed by atoms with van der Waals surface area (Å²) in [6, 6.07) is 14.1. The van der Waals surface area contributed by atoms with Crippen molar-refractivity contribution < 1.29 is 13.2 Å². The quantitative estimate of drug-likeness (QED) is 0.372. The molecule has 0 spiro atoms. The van der Waals surface area contributed by atoms with E-state index in [0.717, 1.165) is 19.7 Å². The molecule has 0 bridgehead atoms. The molecule has 0 saturated carbocycles. The van der Waals surface area contributed by atoms with Gasteiger partial charge in [-0.25, -0.2) is 13.8 Å². The number of hydrogen-bond donors (Lipinski definition) is 1. The molecule has 1 amide bonds. The molecule has 9 heteroatoms. The van der Waals surface area contributed by atoms with Crippen molar-refractivity contribution in [2.45, 2.75) is 6.92 Å². The van der Waals surface area contributed by atoms with Gasteiger partial charge in [0.15, 0.2) is 0 Å². The highest BCUT2D eigenvalue weighted by atomic mass is 127. The Morgan fingerprint density at radius 2 is 1.81 bits per heavy atom. The molecule has 0 fully saturated rings. The standard InChI is InChI=1S/C17H17ClIN3O3S/c1-12(13-7-9-14(19)10-8-13)20-21-17(23)11-22(26(2,24)25)16-6-4-3-5-15(16)18/h3-10H,11H2,1-2H3,(H,21,23)/b20-12-. The van der Waals surface area contributed by atoms with Crippen molar-refractivity contribution in [1.82, 2.24) is 5.43 Å². The average Bonchev–Trinajstić information content (AvgIpc) is 2.58. The van der Waals surface area contributed by atoms with Crippen LogP contribution in [0.3, 0.4) is 0 Å². The molecule has 2 rings (SSSR count). The number of sulfonamides is 1. The topological polar surface area (TPSA) is 78.8 Å². The minimum atomic E-state index is -3.69. The van der Waals surface area contributed by atoms with Gasteiger partial charge in [-0.2, -0.15) is 5.10 Å². The molecule has 0 saturated heterocycles. The molecule has 0 unspecified atom stereocenters. The fourth-order valence-electron chi connectivity index (χ4n) is 2.10. The lowest BCUT2D eigenvalue weighted by atomic mass is 10.1. The molecule has 0 radical (unpaired) electrons. The molecule has 0 aliphatic heterocycles. The Morgan fingerprint density at radius 1 is 1.19 bits per heavy atom. The van der Waals surface area contributed by atoms with Crippen molar-refractivity contribution in [3.05, 3.63) is 62.7 Å². The first kappa shape index (κ1) is 20.7. The van der Waals surface area contributed by atoms with Gasteiger partial charge < -0.3 is 0 Å². The first-order valence-electron chi connectivity index (χ1n) is 7.50. The fraction of sp³-hybridized carbons (Fsp3) is 0.176. The second-order valence-electron chi connectivity index (χ2n) is 5.46. The highest BCUT2D eigenvalue weighted by Crippen LogP contribution is 2.26. The maximum Gasteiger partial charge on any atom is 0.260 e. The first-order chi connectivity index (χ1) is 12.2. The maximum atomic E-state index is 12.2. The highest BCUT2D eigenvalue weighted by Gasteiger charge is 2.22. The predicted molar refractivity (Wildman–Crippen MR) is 113 cm³/mol. The summed E-state index contributed by atoms with van der Waals surface area (Å²) in [5.74, 6) is -0.569. The molecular weight excluding hydrogens is 489 g/mol. The van der Waals surface area contributed by atoms with Gasteiger partial charge in [-0.15, -0.1) is 0 Å². The second kappa shape index (κ2) is 8.83. The van der Waals surface area contributed by atoms with Crippen LogP contribution in [0.15, 0.2) is 53.6 Å². The number of nitrogens with one attached hydrogen (secondary N) is 1. The molecule has 2 aromatic carbocycles. The van der Waals surface area contributed by atoms with Crippen molar-refractivity contribution in [3.8, 4) is 0 Å². The van der Waals surface area contributed by atoms with E-state index in [-0.39, 0.29) is 10.7 Å². The number of hydrazone groups is 1. The van der Waals surface area contributed by atoms with E-state index in [2.05, 4.69) is 33.1 Å². The summed E-state index contributed by atoms with van der Waals surface area (Å²) in [5.41, 5.74) is 4.09. The Balaban J connectivity index is 2.14. The maximum absolute atomic E-state index is 12.2. The Bertz CT molecular complexity index is 931. The number of amides is 1. The summed E-state index contributed by atoms with van der Waals surface area (Å²) in [5, 5.41) is 4.28. The van der Waals surface area contributed by atoms with E-state index < -0.39 is 22.5 Å². The number of rotatable bonds is 6. The minimum Gasteiger partial charge on any atom is -0.271 e. The summed E-state index contributed by atoms with van der Waals surface area (Å²) < 4.78 is 26.2. The van der Waals surface area contributed by atoms with Crippen LogP contribution < -0.4 is 9.73 Å². The van der Waals surface area contributed by atoms with E-state index in [1.54, 1.807) is 25.1 Å². The predicted octanol–water partition coefficient (Wildman–Crippen LogP) is 3.25. The molecule has 1 N–H and O–H groups in total. The third-order valence-corrected chi connectivity index (χ3v) is 5.58. The van der Waals surface area contributed by atoms with Crippen LogP contribution in [0.4, 0.5) is 5.69 Å². The zero-order chi connectivity index (χ0) is 19.3. The average molecular weight is 506 g/mol. The van der Waals surface area contributed by atoms with Gasteiger partial charge in [0.25, 0.3) is 5.91 Å². The van der Waals surface area contributed by atoms with Gasteiger partial charge in [-0.3, -0.25) is 9.10 Å². The number of halogens is 2. The van der Waals surface area contributed by atoms with Crippen LogP contribution in [0, 0.1) is 3.57 Å². The van der Waals surface area contributed by atoms with Gasteiger partial charge in [0.05, 0.1) is 22.7 Å². The minimum absolute atomic E-state index is 0.240. The fourth-order valence-corrected chi connectivity index (χ4v) is 3.62. The molecule has 6 nitrogen and oxygen atoms in total. The van der Waals surface area contributed by atoms with E-state index >= 15 is 0 Å².